The molecule has 0 aromatic heterocycles. The van der Waals surface area contributed by atoms with Gasteiger partial charge in [-0.05, 0) is 6.07 Å². The van der Waals surface area contributed by atoms with Crippen LogP contribution in [0.5, 0.6) is 5.75 Å². The van der Waals surface area contributed by atoms with Gasteiger partial charge in [0.15, 0.2) is 0 Å². The van der Waals surface area contributed by atoms with Crippen molar-refractivity contribution in [1.29, 1.82) is 0 Å². The lowest BCUT2D eigenvalue weighted by Crippen LogP contribution is -2.14. The number of benzene rings is 1. The summed E-state index contributed by atoms with van der Waals surface area (Å²) in [5, 5.41) is 10.4. The smallest absolute Gasteiger partial charge is 0.273 e. The van der Waals surface area contributed by atoms with Crippen molar-refractivity contribution in [1.82, 2.24) is 0 Å². The lowest BCUT2D eigenvalue weighted by Gasteiger charge is -2.03. The van der Waals surface area contributed by atoms with E-state index in [1.54, 1.807) is 6.07 Å². The van der Waals surface area contributed by atoms with Crippen LogP contribution in [0.2, 0.25) is 0 Å². The Labute approximate surface area is 85.8 Å². The Morgan fingerprint density at radius 1 is 1.53 bits per heavy atom. The van der Waals surface area contributed by atoms with E-state index in [2.05, 4.69) is 0 Å². The van der Waals surface area contributed by atoms with Gasteiger partial charge in [-0.2, -0.15) is 0 Å². The fraction of sp³-hybridized carbons (Fsp3) is 0.222. The molecule has 15 heavy (non-hydrogen) atoms. The number of nitrogens with two attached hydrogens (primary N) is 1. The first-order chi connectivity index (χ1) is 7.09. The van der Waals surface area contributed by atoms with Crippen molar-refractivity contribution in [2.75, 3.05) is 6.61 Å². The van der Waals surface area contributed by atoms with Gasteiger partial charge < -0.3 is 10.5 Å². The molecule has 0 bridgehead atoms. The van der Waals surface area contributed by atoms with Gasteiger partial charge >= 0.3 is 0 Å². The average Bonchev–Trinajstić information content (AvgIpc) is 2.17. The Balaban J connectivity index is 2.58. The molecule has 0 saturated carbocycles. The van der Waals surface area contributed by atoms with E-state index in [-0.39, 0.29) is 18.7 Å². The summed E-state index contributed by atoms with van der Waals surface area (Å²) in [5.41, 5.74) is 4.86. The second-order valence-electron chi connectivity index (χ2n) is 2.82. The second-order valence-corrected chi connectivity index (χ2v) is 2.82. The Bertz CT molecular complexity index is 378. The highest BCUT2D eigenvalue weighted by atomic mass is 16.6. The lowest BCUT2D eigenvalue weighted by molar-refractivity contribution is -0.384. The predicted octanol–water partition coefficient (Wildman–Crippen LogP) is 0.849. The highest BCUT2D eigenvalue weighted by Crippen LogP contribution is 2.18. The SMILES string of the molecule is NC(=O)CCOc1cccc([N+](=O)[O-])c1. The third kappa shape index (κ3) is 3.63. The minimum atomic E-state index is -0.513. The number of carbonyl (C=O) groups excluding carboxylic acids is 1. The summed E-state index contributed by atoms with van der Waals surface area (Å²) in [6.07, 6.45) is 0.0860. The molecule has 2 N–H and O–H groups in total. The summed E-state index contributed by atoms with van der Waals surface area (Å²) in [6.45, 7) is 0.122. The molecule has 0 heterocycles. The largest absolute Gasteiger partial charge is 0.493 e. The van der Waals surface area contributed by atoms with Crippen molar-refractivity contribution in [2.24, 2.45) is 5.73 Å². The Morgan fingerprint density at radius 3 is 2.87 bits per heavy atom. The maximum atomic E-state index is 10.4. The minimum Gasteiger partial charge on any atom is -0.493 e. The minimum absolute atomic E-state index is 0.0495. The van der Waals surface area contributed by atoms with Gasteiger partial charge in [-0.1, -0.05) is 6.07 Å². The molecule has 1 aromatic carbocycles. The molecule has 0 fully saturated rings. The molecular formula is C9H10N2O4. The van der Waals surface area contributed by atoms with Crippen LogP contribution in [0.3, 0.4) is 0 Å². The van der Waals surface area contributed by atoms with Crippen LogP contribution in [0.15, 0.2) is 24.3 Å². The molecule has 0 spiro atoms. The molecule has 0 unspecified atom stereocenters. The van der Waals surface area contributed by atoms with Crippen molar-refractivity contribution in [3.63, 3.8) is 0 Å². The number of nitro benzene ring substituents is 1. The number of rotatable bonds is 5. The third-order valence-electron chi connectivity index (χ3n) is 1.65. The van der Waals surface area contributed by atoms with Crippen LogP contribution >= 0.6 is 0 Å². The zero-order chi connectivity index (χ0) is 11.3. The summed E-state index contributed by atoms with van der Waals surface area (Å²) in [6, 6.07) is 5.74. The summed E-state index contributed by atoms with van der Waals surface area (Å²) < 4.78 is 5.10. The Kier molecular flexibility index (Phi) is 3.61. The maximum Gasteiger partial charge on any atom is 0.273 e. The highest BCUT2D eigenvalue weighted by Gasteiger charge is 2.06. The molecule has 1 rings (SSSR count). The van der Waals surface area contributed by atoms with Crippen LogP contribution in [0.1, 0.15) is 6.42 Å². The van der Waals surface area contributed by atoms with E-state index in [4.69, 9.17) is 10.5 Å². The van der Waals surface area contributed by atoms with Gasteiger partial charge in [0, 0.05) is 6.07 Å². The molecule has 0 radical (unpaired) electrons. The Morgan fingerprint density at radius 2 is 2.27 bits per heavy atom. The summed E-state index contributed by atoms with van der Waals surface area (Å²) in [5.74, 6) is -0.120. The molecule has 0 atom stereocenters. The van der Waals surface area contributed by atoms with Gasteiger partial charge in [0.1, 0.15) is 5.75 Å². The summed E-state index contributed by atoms with van der Waals surface area (Å²) in [7, 11) is 0. The number of carbonyl (C=O) groups is 1. The van der Waals surface area contributed by atoms with Crippen molar-refractivity contribution in [2.45, 2.75) is 6.42 Å². The van der Waals surface area contributed by atoms with Gasteiger partial charge in [-0.15, -0.1) is 0 Å². The lowest BCUT2D eigenvalue weighted by atomic mass is 10.3. The van der Waals surface area contributed by atoms with Crippen LogP contribution in [-0.4, -0.2) is 17.4 Å². The molecule has 1 amide bonds. The number of nitro groups is 1. The quantitative estimate of drug-likeness (QED) is 0.575. The molecular weight excluding hydrogens is 200 g/mol. The first-order valence-corrected chi connectivity index (χ1v) is 4.25. The van der Waals surface area contributed by atoms with E-state index in [0.717, 1.165) is 0 Å². The number of primary amides is 1. The van der Waals surface area contributed by atoms with E-state index < -0.39 is 10.8 Å². The van der Waals surface area contributed by atoms with E-state index in [1.807, 2.05) is 0 Å². The highest BCUT2D eigenvalue weighted by molar-refractivity contribution is 5.73. The molecule has 0 aliphatic heterocycles. The summed E-state index contributed by atoms with van der Waals surface area (Å²) >= 11 is 0. The van der Waals surface area contributed by atoms with Crippen molar-refractivity contribution < 1.29 is 14.5 Å². The van der Waals surface area contributed by atoms with Crippen LogP contribution in [-0.2, 0) is 4.79 Å². The topological polar surface area (TPSA) is 95.5 Å². The number of hydrogen-bond donors (Lipinski definition) is 1. The van der Waals surface area contributed by atoms with E-state index >= 15 is 0 Å². The molecule has 80 valence electrons. The molecule has 6 nitrogen and oxygen atoms in total. The summed E-state index contributed by atoms with van der Waals surface area (Å²) in [4.78, 5) is 20.3. The van der Waals surface area contributed by atoms with E-state index in [0.29, 0.717) is 5.75 Å². The van der Waals surface area contributed by atoms with Gasteiger partial charge in [0.25, 0.3) is 5.69 Å². The predicted molar refractivity (Wildman–Crippen MR) is 52.4 cm³/mol. The monoisotopic (exact) mass is 210 g/mol. The van der Waals surface area contributed by atoms with Crippen LogP contribution < -0.4 is 10.5 Å². The first kappa shape index (κ1) is 11.0. The molecule has 0 aliphatic carbocycles. The zero-order valence-corrected chi connectivity index (χ0v) is 7.88. The van der Waals surface area contributed by atoms with Gasteiger partial charge in [0.05, 0.1) is 24.0 Å². The normalized spacial score (nSPS) is 9.60. The van der Waals surface area contributed by atoms with Gasteiger partial charge in [-0.25, -0.2) is 0 Å². The van der Waals surface area contributed by atoms with Crippen LogP contribution in [0.4, 0.5) is 5.69 Å². The van der Waals surface area contributed by atoms with Gasteiger partial charge in [0.2, 0.25) is 5.91 Å². The van der Waals surface area contributed by atoms with Crippen molar-refractivity contribution >= 4 is 11.6 Å². The number of nitrogens with zero attached hydrogens (tertiary/aromatic N) is 1. The molecule has 6 heteroatoms. The van der Waals surface area contributed by atoms with E-state index in [9.17, 15) is 14.9 Å². The first-order valence-electron chi connectivity index (χ1n) is 4.25. The maximum absolute atomic E-state index is 10.4. The van der Waals surface area contributed by atoms with Crippen molar-refractivity contribution in [3.05, 3.63) is 34.4 Å². The number of ether oxygens (including phenoxy) is 1. The molecule has 0 saturated heterocycles. The van der Waals surface area contributed by atoms with E-state index in [1.165, 1.54) is 18.2 Å². The molecule has 0 aliphatic rings. The zero-order valence-electron chi connectivity index (χ0n) is 7.88. The fourth-order valence-electron chi connectivity index (χ4n) is 0.956. The second kappa shape index (κ2) is 4.94. The Hall–Kier alpha value is -2.11. The van der Waals surface area contributed by atoms with Gasteiger partial charge in [-0.3, -0.25) is 14.9 Å². The van der Waals surface area contributed by atoms with Crippen LogP contribution in [0.25, 0.3) is 0 Å². The number of hydrogen-bond acceptors (Lipinski definition) is 4. The number of non-ortho nitro benzene ring substituents is 1. The average molecular weight is 210 g/mol. The molecule has 1 aromatic rings. The van der Waals surface area contributed by atoms with Crippen molar-refractivity contribution in [3.8, 4) is 5.75 Å². The third-order valence-corrected chi connectivity index (χ3v) is 1.65. The fourth-order valence-corrected chi connectivity index (χ4v) is 0.956. The standard InChI is InChI=1S/C9H10N2O4/c10-9(12)4-5-15-8-3-1-2-7(6-8)11(13)14/h1-3,6H,4-5H2,(H2,10,12). The van der Waals surface area contributed by atoms with Crippen LogP contribution in [0, 0.1) is 10.1 Å². The number of amides is 1.